The first kappa shape index (κ1) is 12.8. The van der Waals surface area contributed by atoms with Crippen molar-refractivity contribution in [1.82, 2.24) is 4.98 Å². The number of rotatable bonds is 2. The lowest BCUT2D eigenvalue weighted by Gasteiger charge is -2.42. The zero-order chi connectivity index (χ0) is 13.2. The smallest absolute Gasteiger partial charge is 0.146 e. The third kappa shape index (κ3) is 2.17. The van der Waals surface area contributed by atoms with Gasteiger partial charge in [-0.25, -0.2) is 4.98 Å². The van der Waals surface area contributed by atoms with Crippen molar-refractivity contribution in [3.8, 4) is 6.07 Å². The van der Waals surface area contributed by atoms with E-state index in [1.165, 1.54) is 0 Å². The summed E-state index contributed by atoms with van der Waals surface area (Å²) in [5, 5.41) is 29.2. The molecule has 0 bridgehead atoms. The first-order valence-corrected chi connectivity index (χ1v) is 6.11. The van der Waals surface area contributed by atoms with Gasteiger partial charge in [-0.15, -0.1) is 0 Å². The zero-order valence-corrected chi connectivity index (χ0v) is 10.4. The zero-order valence-electron chi connectivity index (χ0n) is 10.4. The van der Waals surface area contributed by atoms with Gasteiger partial charge < -0.3 is 15.1 Å². The second-order valence-corrected chi connectivity index (χ2v) is 4.66. The molecule has 1 aliphatic rings. The summed E-state index contributed by atoms with van der Waals surface area (Å²) >= 11 is 0. The highest BCUT2D eigenvalue weighted by Crippen LogP contribution is 2.29. The topological polar surface area (TPSA) is 80.4 Å². The third-order valence-electron chi connectivity index (χ3n) is 3.65. The fourth-order valence-electron chi connectivity index (χ4n) is 2.31. The highest BCUT2D eigenvalue weighted by Gasteiger charge is 2.39. The van der Waals surface area contributed by atoms with Crippen LogP contribution in [0.25, 0.3) is 0 Å². The third-order valence-corrected chi connectivity index (χ3v) is 3.65. The van der Waals surface area contributed by atoms with Gasteiger partial charge in [0.05, 0.1) is 11.2 Å². The lowest BCUT2D eigenvalue weighted by atomic mass is 9.86. The number of hydrogen-bond donors (Lipinski definition) is 2. The molecule has 96 valence electrons. The second kappa shape index (κ2) is 4.92. The fraction of sp³-hybridized carbons (Fsp3) is 0.538. The Bertz CT molecular complexity index is 472. The standard InChI is InChI=1S/C13H17N3O2/c1-2-13(18)5-7-16(9-11(13)17)12-10(8-14)4-3-6-15-12/h3-4,6,11,17-18H,2,5,7,9H2,1H3/t11-,13-/m1/s1. The van der Waals surface area contributed by atoms with Crippen LogP contribution in [0.4, 0.5) is 5.82 Å². The van der Waals surface area contributed by atoms with Crippen LogP contribution < -0.4 is 4.90 Å². The number of pyridine rings is 1. The Kier molecular flexibility index (Phi) is 3.50. The van der Waals surface area contributed by atoms with Gasteiger partial charge in [0.25, 0.3) is 0 Å². The van der Waals surface area contributed by atoms with E-state index in [2.05, 4.69) is 11.1 Å². The predicted molar refractivity (Wildman–Crippen MR) is 67.0 cm³/mol. The van der Waals surface area contributed by atoms with E-state index in [0.717, 1.165) is 0 Å². The lowest BCUT2D eigenvalue weighted by molar-refractivity contribution is -0.0879. The van der Waals surface area contributed by atoms with E-state index in [0.29, 0.717) is 37.3 Å². The molecule has 5 heteroatoms. The minimum atomic E-state index is -1.02. The van der Waals surface area contributed by atoms with Crippen LogP contribution in [0.2, 0.25) is 0 Å². The summed E-state index contributed by atoms with van der Waals surface area (Å²) in [4.78, 5) is 6.05. The molecule has 5 nitrogen and oxygen atoms in total. The number of anilines is 1. The number of aromatic nitrogens is 1. The molecule has 0 radical (unpaired) electrons. The van der Waals surface area contributed by atoms with E-state index >= 15 is 0 Å². The van der Waals surface area contributed by atoms with Crippen LogP contribution in [0.1, 0.15) is 25.3 Å². The largest absolute Gasteiger partial charge is 0.388 e. The normalized spacial score (nSPS) is 27.9. The van der Waals surface area contributed by atoms with Gasteiger partial charge in [-0.05, 0) is 25.0 Å². The van der Waals surface area contributed by atoms with Crippen LogP contribution in [-0.2, 0) is 0 Å². The van der Waals surface area contributed by atoms with E-state index < -0.39 is 11.7 Å². The molecule has 1 aromatic heterocycles. The molecule has 2 heterocycles. The van der Waals surface area contributed by atoms with Crippen molar-refractivity contribution >= 4 is 5.82 Å². The Hall–Kier alpha value is -1.64. The van der Waals surface area contributed by atoms with Gasteiger partial charge in [0.1, 0.15) is 18.0 Å². The van der Waals surface area contributed by atoms with E-state index in [1.54, 1.807) is 18.3 Å². The van der Waals surface area contributed by atoms with Crippen LogP contribution >= 0.6 is 0 Å². The Labute approximate surface area is 106 Å². The molecule has 1 saturated heterocycles. The Balaban J connectivity index is 2.21. The molecule has 18 heavy (non-hydrogen) atoms. The molecule has 0 unspecified atom stereocenters. The molecule has 0 aliphatic carbocycles. The summed E-state index contributed by atoms with van der Waals surface area (Å²) in [6, 6.07) is 5.51. The van der Waals surface area contributed by atoms with E-state index in [9.17, 15) is 10.2 Å². The van der Waals surface area contributed by atoms with E-state index in [1.807, 2.05) is 11.8 Å². The second-order valence-electron chi connectivity index (χ2n) is 4.66. The molecular weight excluding hydrogens is 230 g/mol. The molecule has 2 atom stereocenters. The van der Waals surface area contributed by atoms with Crippen LogP contribution in [-0.4, -0.2) is 40.0 Å². The van der Waals surface area contributed by atoms with Crippen molar-refractivity contribution in [2.75, 3.05) is 18.0 Å². The van der Waals surface area contributed by atoms with Gasteiger partial charge in [0.2, 0.25) is 0 Å². The number of β-amino-alcohol motifs (C(OH)–C–C–N with tert-alkyl or cyclic N) is 1. The quantitative estimate of drug-likeness (QED) is 0.802. The predicted octanol–water partition coefficient (Wildman–Crippen LogP) is 0.665. The average molecular weight is 247 g/mol. The first-order chi connectivity index (χ1) is 8.60. The van der Waals surface area contributed by atoms with Crippen LogP contribution in [0.15, 0.2) is 18.3 Å². The van der Waals surface area contributed by atoms with Gasteiger partial charge in [-0.1, -0.05) is 6.92 Å². The first-order valence-electron chi connectivity index (χ1n) is 6.11. The van der Waals surface area contributed by atoms with Crippen molar-refractivity contribution in [3.63, 3.8) is 0 Å². The Morgan fingerprint density at radius 2 is 2.44 bits per heavy atom. The minimum Gasteiger partial charge on any atom is -0.388 e. The fourth-order valence-corrected chi connectivity index (χ4v) is 2.31. The average Bonchev–Trinajstić information content (AvgIpc) is 2.42. The molecular formula is C13H17N3O2. The summed E-state index contributed by atoms with van der Waals surface area (Å²) in [6.07, 6.45) is 1.81. The number of nitriles is 1. The number of nitrogens with zero attached hydrogens (tertiary/aromatic N) is 3. The summed E-state index contributed by atoms with van der Waals surface area (Å²) in [6.45, 7) is 2.75. The van der Waals surface area contributed by atoms with Crippen molar-refractivity contribution in [3.05, 3.63) is 23.9 Å². The molecule has 1 aromatic rings. The molecule has 0 saturated carbocycles. The van der Waals surface area contributed by atoms with Crippen LogP contribution in [0, 0.1) is 11.3 Å². The summed E-state index contributed by atoms with van der Waals surface area (Å²) < 4.78 is 0. The maximum absolute atomic E-state index is 10.2. The molecule has 0 amide bonds. The highest BCUT2D eigenvalue weighted by atomic mass is 16.3. The van der Waals surface area contributed by atoms with Crippen molar-refractivity contribution in [1.29, 1.82) is 5.26 Å². The van der Waals surface area contributed by atoms with Crippen molar-refractivity contribution in [2.45, 2.75) is 31.5 Å². The van der Waals surface area contributed by atoms with Gasteiger partial charge in [0, 0.05) is 19.3 Å². The maximum Gasteiger partial charge on any atom is 0.146 e. The number of aliphatic hydroxyl groups is 2. The maximum atomic E-state index is 10.2. The summed E-state index contributed by atoms with van der Waals surface area (Å²) in [5.41, 5.74) is -0.524. The lowest BCUT2D eigenvalue weighted by Crippen LogP contribution is -2.55. The number of aliphatic hydroxyl groups excluding tert-OH is 1. The Morgan fingerprint density at radius 1 is 1.67 bits per heavy atom. The highest BCUT2D eigenvalue weighted by molar-refractivity contribution is 5.54. The molecule has 1 fully saturated rings. The van der Waals surface area contributed by atoms with Gasteiger partial charge in [-0.2, -0.15) is 5.26 Å². The molecule has 1 aliphatic heterocycles. The number of piperidine rings is 1. The molecule has 2 N–H and O–H groups in total. The number of hydrogen-bond acceptors (Lipinski definition) is 5. The summed E-state index contributed by atoms with van der Waals surface area (Å²) in [7, 11) is 0. The minimum absolute atomic E-state index is 0.302. The van der Waals surface area contributed by atoms with Gasteiger partial charge in [0.15, 0.2) is 0 Å². The van der Waals surface area contributed by atoms with Crippen LogP contribution in [0.3, 0.4) is 0 Å². The van der Waals surface area contributed by atoms with Crippen LogP contribution in [0.5, 0.6) is 0 Å². The van der Waals surface area contributed by atoms with Gasteiger partial charge >= 0.3 is 0 Å². The van der Waals surface area contributed by atoms with Gasteiger partial charge in [-0.3, -0.25) is 0 Å². The Morgan fingerprint density at radius 3 is 3.06 bits per heavy atom. The van der Waals surface area contributed by atoms with E-state index in [4.69, 9.17) is 5.26 Å². The van der Waals surface area contributed by atoms with Crippen molar-refractivity contribution in [2.24, 2.45) is 0 Å². The summed E-state index contributed by atoms with van der Waals surface area (Å²) in [5.74, 6) is 0.581. The molecule has 0 spiro atoms. The monoisotopic (exact) mass is 247 g/mol. The van der Waals surface area contributed by atoms with E-state index in [-0.39, 0.29) is 0 Å². The van der Waals surface area contributed by atoms with Crippen molar-refractivity contribution < 1.29 is 10.2 Å². The SMILES string of the molecule is CC[C@@]1(O)CCN(c2ncccc2C#N)C[C@H]1O. The molecule has 0 aromatic carbocycles. The molecule has 2 rings (SSSR count).